The molecule has 34 heavy (non-hydrogen) atoms. The Kier molecular flexibility index (Phi) is 8.84. The van der Waals surface area contributed by atoms with Crippen LogP contribution < -0.4 is 16.4 Å². The van der Waals surface area contributed by atoms with Gasteiger partial charge in [-0.2, -0.15) is 13.2 Å². The zero-order valence-corrected chi connectivity index (χ0v) is 19.9. The van der Waals surface area contributed by atoms with Gasteiger partial charge in [-0.3, -0.25) is 10.1 Å². The Morgan fingerprint density at radius 2 is 1.47 bits per heavy atom. The highest BCUT2D eigenvalue weighted by Gasteiger charge is 2.43. The molecule has 4 N–H and O–H groups in total. The SMILES string of the molecule is CC(C)(F)C[C@H](N[C@@H](c1ccc(-c2ccc(S(C)(=O)=O)cc2)cc1)C(F)(F)F)C(=O)NCCN. The average molecular weight is 504 g/mol. The molecule has 2 aromatic rings. The second kappa shape index (κ2) is 10.8. The van der Waals surface area contributed by atoms with Crippen LogP contribution in [0.2, 0.25) is 0 Å². The van der Waals surface area contributed by atoms with Gasteiger partial charge < -0.3 is 11.1 Å². The van der Waals surface area contributed by atoms with Gasteiger partial charge >= 0.3 is 6.18 Å². The van der Waals surface area contributed by atoms with E-state index in [0.717, 1.165) is 6.26 Å². The van der Waals surface area contributed by atoms with Gasteiger partial charge in [0.05, 0.1) is 10.9 Å². The first-order valence-electron chi connectivity index (χ1n) is 10.5. The molecule has 0 spiro atoms. The van der Waals surface area contributed by atoms with Crippen molar-refractivity contribution >= 4 is 15.7 Å². The number of alkyl halides is 4. The van der Waals surface area contributed by atoms with Crippen LogP contribution in [0, 0.1) is 0 Å². The second-order valence-corrected chi connectivity index (χ2v) is 10.6. The number of sulfone groups is 1. The summed E-state index contributed by atoms with van der Waals surface area (Å²) in [6.07, 6.45) is -4.15. The molecular formula is C23H29F4N3O3S. The van der Waals surface area contributed by atoms with Gasteiger partial charge in [0, 0.05) is 25.8 Å². The summed E-state index contributed by atoms with van der Waals surface area (Å²) < 4.78 is 79.2. The fourth-order valence-corrected chi connectivity index (χ4v) is 4.01. The van der Waals surface area contributed by atoms with Crippen LogP contribution >= 0.6 is 0 Å². The predicted octanol–water partition coefficient (Wildman–Crippen LogP) is 3.53. The van der Waals surface area contributed by atoms with Crippen LogP contribution in [0.15, 0.2) is 53.4 Å². The van der Waals surface area contributed by atoms with E-state index in [-0.39, 0.29) is 23.5 Å². The monoisotopic (exact) mass is 503 g/mol. The quantitative estimate of drug-likeness (QED) is 0.431. The summed E-state index contributed by atoms with van der Waals surface area (Å²) in [5.41, 5.74) is 4.48. The van der Waals surface area contributed by atoms with Gasteiger partial charge in [-0.1, -0.05) is 36.4 Å². The van der Waals surface area contributed by atoms with E-state index in [1.165, 1.54) is 50.2 Å². The molecule has 0 aliphatic carbocycles. The van der Waals surface area contributed by atoms with Gasteiger partial charge in [0.15, 0.2) is 9.84 Å². The Morgan fingerprint density at radius 3 is 1.88 bits per heavy atom. The lowest BCUT2D eigenvalue weighted by Gasteiger charge is -2.30. The number of hydrogen-bond acceptors (Lipinski definition) is 5. The van der Waals surface area contributed by atoms with E-state index in [0.29, 0.717) is 11.1 Å². The molecule has 2 aromatic carbocycles. The average Bonchev–Trinajstić information content (AvgIpc) is 2.73. The minimum absolute atomic E-state index is 0.0488. The normalized spacial score (nSPS) is 14.5. The van der Waals surface area contributed by atoms with E-state index in [4.69, 9.17) is 5.73 Å². The molecule has 2 rings (SSSR count). The van der Waals surface area contributed by atoms with Crippen LogP contribution in [0.25, 0.3) is 11.1 Å². The zero-order valence-electron chi connectivity index (χ0n) is 19.1. The molecule has 0 bridgehead atoms. The van der Waals surface area contributed by atoms with E-state index >= 15 is 0 Å². The van der Waals surface area contributed by atoms with Crippen molar-refractivity contribution < 1.29 is 30.8 Å². The fraction of sp³-hybridized carbons (Fsp3) is 0.435. The predicted molar refractivity (Wildman–Crippen MR) is 123 cm³/mol. The first-order chi connectivity index (χ1) is 15.6. The molecule has 0 heterocycles. The number of benzene rings is 2. The summed E-state index contributed by atoms with van der Waals surface area (Å²) in [6, 6.07) is 7.76. The third kappa shape index (κ3) is 8.07. The third-order valence-electron chi connectivity index (χ3n) is 5.00. The molecule has 0 fully saturated rings. The molecule has 0 aliphatic heterocycles. The number of carbonyl (C=O) groups is 1. The van der Waals surface area contributed by atoms with E-state index < -0.39 is 46.1 Å². The summed E-state index contributed by atoms with van der Waals surface area (Å²) >= 11 is 0. The molecule has 2 atom stereocenters. The lowest BCUT2D eigenvalue weighted by molar-refractivity contribution is -0.161. The molecule has 0 unspecified atom stereocenters. The summed E-state index contributed by atoms with van der Waals surface area (Å²) in [5.74, 6) is -0.770. The molecule has 11 heteroatoms. The maximum atomic E-state index is 14.3. The number of hydrogen-bond donors (Lipinski definition) is 3. The van der Waals surface area contributed by atoms with Crippen LogP contribution in [0.5, 0.6) is 0 Å². The molecule has 1 amide bonds. The molecule has 188 valence electrons. The summed E-state index contributed by atoms with van der Waals surface area (Å²) in [4.78, 5) is 12.5. The topological polar surface area (TPSA) is 101 Å². The highest BCUT2D eigenvalue weighted by Crippen LogP contribution is 2.35. The molecule has 0 saturated carbocycles. The zero-order chi connectivity index (χ0) is 25.7. The standard InChI is InChI=1S/C23H29F4N3O3S/c1-22(2,24)14-19(21(31)29-13-12-28)30-20(23(25,26)27)17-6-4-15(5-7-17)16-8-10-18(11-9-16)34(3,32)33/h4-11,19-20,30H,12-14,28H2,1-3H3,(H,29,31)/t19-,20-/m0/s1. The Morgan fingerprint density at radius 1 is 0.971 bits per heavy atom. The molecule has 6 nitrogen and oxygen atoms in total. The van der Waals surface area contributed by atoms with E-state index in [9.17, 15) is 30.8 Å². The van der Waals surface area contributed by atoms with Crippen molar-refractivity contribution in [3.63, 3.8) is 0 Å². The Hall–Kier alpha value is -2.50. The summed E-state index contributed by atoms with van der Waals surface area (Å²) in [5, 5.41) is 4.68. The first-order valence-corrected chi connectivity index (χ1v) is 12.4. The van der Waals surface area contributed by atoms with Crippen LogP contribution in [0.3, 0.4) is 0 Å². The first kappa shape index (κ1) is 27.7. The van der Waals surface area contributed by atoms with Crippen molar-refractivity contribution in [3.8, 4) is 11.1 Å². The van der Waals surface area contributed by atoms with Gasteiger partial charge in [0.1, 0.15) is 11.7 Å². The van der Waals surface area contributed by atoms with Crippen LogP contribution in [-0.2, 0) is 14.6 Å². The van der Waals surface area contributed by atoms with E-state index in [1.807, 2.05) is 0 Å². The Balaban J connectivity index is 2.32. The van der Waals surface area contributed by atoms with Gasteiger partial charge in [-0.25, -0.2) is 12.8 Å². The highest BCUT2D eigenvalue weighted by atomic mass is 32.2. The van der Waals surface area contributed by atoms with Gasteiger partial charge in [0.25, 0.3) is 0 Å². The van der Waals surface area contributed by atoms with Crippen molar-refractivity contribution in [3.05, 3.63) is 54.1 Å². The number of rotatable bonds is 10. The third-order valence-corrected chi connectivity index (χ3v) is 6.13. The highest BCUT2D eigenvalue weighted by molar-refractivity contribution is 7.90. The minimum Gasteiger partial charge on any atom is -0.353 e. The maximum absolute atomic E-state index is 14.3. The van der Waals surface area contributed by atoms with Gasteiger partial charge in [0.2, 0.25) is 5.91 Å². The number of nitrogens with one attached hydrogen (secondary N) is 2. The van der Waals surface area contributed by atoms with Gasteiger partial charge in [-0.15, -0.1) is 0 Å². The molecular weight excluding hydrogens is 474 g/mol. The number of amides is 1. The number of carbonyl (C=O) groups excluding carboxylic acids is 1. The van der Waals surface area contributed by atoms with Crippen molar-refractivity contribution in [2.45, 2.75) is 49.1 Å². The van der Waals surface area contributed by atoms with Gasteiger partial charge in [-0.05, 0) is 42.7 Å². The van der Waals surface area contributed by atoms with Crippen LogP contribution in [0.1, 0.15) is 31.9 Å². The minimum atomic E-state index is -4.76. The van der Waals surface area contributed by atoms with E-state index in [1.54, 1.807) is 12.1 Å². The number of halogens is 4. The second-order valence-electron chi connectivity index (χ2n) is 8.61. The lowest BCUT2D eigenvalue weighted by Crippen LogP contribution is -2.51. The summed E-state index contributed by atoms with van der Waals surface area (Å²) in [7, 11) is -3.37. The molecule has 0 aliphatic rings. The molecule has 0 aromatic heterocycles. The smallest absolute Gasteiger partial charge is 0.353 e. The number of nitrogens with two attached hydrogens (primary N) is 1. The Labute approximate surface area is 196 Å². The van der Waals surface area contributed by atoms with E-state index in [2.05, 4.69) is 10.6 Å². The largest absolute Gasteiger partial charge is 0.407 e. The van der Waals surface area contributed by atoms with Crippen molar-refractivity contribution in [1.82, 2.24) is 10.6 Å². The fourth-order valence-electron chi connectivity index (χ4n) is 3.37. The Bertz CT molecular complexity index is 1060. The van der Waals surface area contributed by atoms with Crippen molar-refractivity contribution in [2.75, 3.05) is 19.3 Å². The van der Waals surface area contributed by atoms with Crippen molar-refractivity contribution in [1.29, 1.82) is 0 Å². The maximum Gasteiger partial charge on any atom is 0.407 e. The van der Waals surface area contributed by atoms with Crippen molar-refractivity contribution in [2.24, 2.45) is 5.73 Å². The lowest BCUT2D eigenvalue weighted by atomic mass is 9.96. The van der Waals surface area contributed by atoms with Crippen LogP contribution in [0.4, 0.5) is 17.6 Å². The molecule has 0 radical (unpaired) electrons. The van der Waals surface area contributed by atoms with Crippen LogP contribution in [-0.4, -0.2) is 51.6 Å². The summed E-state index contributed by atoms with van der Waals surface area (Å²) in [6.45, 7) is 2.51. The molecule has 0 saturated heterocycles.